The van der Waals surface area contributed by atoms with Crippen LogP contribution in [-0.4, -0.2) is 16.0 Å². The van der Waals surface area contributed by atoms with E-state index in [4.69, 9.17) is 16.1 Å². The van der Waals surface area contributed by atoms with E-state index in [0.29, 0.717) is 42.0 Å². The van der Waals surface area contributed by atoms with Crippen molar-refractivity contribution in [2.45, 2.75) is 39.2 Å². The van der Waals surface area contributed by atoms with Crippen LogP contribution < -0.4 is 5.32 Å². The lowest BCUT2D eigenvalue weighted by Crippen LogP contribution is -2.23. The average Bonchev–Trinajstić information content (AvgIpc) is 3.15. The molecule has 1 N–H and O–H groups in total. The van der Waals surface area contributed by atoms with Crippen molar-refractivity contribution in [2.24, 2.45) is 0 Å². The molecule has 0 aliphatic carbocycles. The molecule has 0 aliphatic heterocycles. The summed E-state index contributed by atoms with van der Waals surface area (Å²) in [7, 11) is 0. The second kappa shape index (κ2) is 8.82. The van der Waals surface area contributed by atoms with Crippen molar-refractivity contribution in [2.75, 3.05) is 0 Å². The third-order valence-electron chi connectivity index (χ3n) is 4.27. The first kappa shape index (κ1) is 19.1. The van der Waals surface area contributed by atoms with Gasteiger partial charge in [0, 0.05) is 30.0 Å². The van der Waals surface area contributed by atoms with Gasteiger partial charge in [-0.3, -0.25) is 4.79 Å². The number of halogens is 1. The number of hydrogen-bond acceptors (Lipinski definition) is 4. The lowest BCUT2D eigenvalue weighted by Gasteiger charge is -2.04. The van der Waals surface area contributed by atoms with E-state index in [0.717, 1.165) is 11.1 Å². The molecule has 3 rings (SSSR count). The molecular formula is C21H22ClN3O2. The quantitative estimate of drug-likeness (QED) is 0.638. The normalized spacial score (nSPS) is 11.0. The molecule has 0 radical (unpaired) electrons. The Hall–Kier alpha value is -2.66. The first-order chi connectivity index (χ1) is 13.0. The second-order valence-electron chi connectivity index (χ2n) is 6.69. The number of amides is 1. The van der Waals surface area contributed by atoms with Gasteiger partial charge >= 0.3 is 0 Å². The van der Waals surface area contributed by atoms with Gasteiger partial charge in [-0.1, -0.05) is 67.0 Å². The lowest BCUT2D eigenvalue weighted by atomic mass is 10.0. The lowest BCUT2D eigenvalue weighted by molar-refractivity contribution is -0.121. The molecule has 1 heterocycles. The Balaban J connectivity index is 1.50. The molecule has 0 atom stereocenters. The van der Waals surface area contributed by atoms with Crippen LogP contribution >= 0.6 is 11.6 Å². The first-order valence-corrected chi connectivity index (χ1v) is 9.33. The summed E-state index contributed by atoms with van der Waals surface area (Å²) in [4.78, 5) is 16.4. The topological polar surface area (TPSA) is 68.0 Å². The van der Waals surface area contributed by atoms with Crippen LogP contribution in [0.2, 0.25) is 5.02 Å². The van der Waals surface area contributed by atoms with E-state index in [9.17, 15) is 4.79 Å². The van der Waals surface area contributed by atoms with E-state index in [2.05, 4.69) is 41.4 Å². The number of rotatable bonds is 7. The van der Waals surface area contributed by atoms with Crippen molar-refractivity contribution < 1.29 is 9.32 Å². The van der Waals surface area contributed by atoms with Gasteiger partial charge in [-0.2, -0.15) is 4.98 Å². The van der Waals surface area contributed by atoms with Gasteiger partial charge in [0.2, 0.25) is 17.6 Å². The van der Waals surface area contributed by atoms with Gasteiger partial charge in [-0.25, -0.2) is 0 Å². The van der Waals surface area contributed by atoms with Crippen molar-refractivity contribution in [3.63, 3.8) is 0 Å². The maximum Gasteiger partial charge on any atom is 0.227 e. The number of benzene rings is 2. The Morgan fingerprint density at radius 1 is 1.11 bits per heavy atom. The first-order valence-electron chi connectivity index (χ1n) is 8.95. The minimum Gasteiger partial charge on any atom is -0.352 e. The van der Waals surface area contributed by atoms with E-state index in [1.54, 1.807) is 12.1 Å². The Labute approximate surface area is 163 Å². The summed E-state index contributed by atoms with van der Waals surface area (Å²) >= 11 is 5.85. The van der Waals surface area contributed by atoms with E-state index >= 15 is 0 Å². The standard InChI is InChI=1S/C21H22ClN3O2/c1-14(2)16-5-7-17(8-6-16)21-24-20(27-25-21)12-11-19(26)23-13-15-3-9-18(22)10-4-15/h3-10,14H,11-13H2,1-2H3,(H,23,26). The van der Waals surface area contributed by atoms with Crippen molar-refractivity contribution >= 4 is 17.5 Å². The zero-order valence-corrected chi connectivity index (χ0v) is 16.2. The molecule has 27 heavy (non-hydrogen) atoms. The molecule has 140 valence electrons. The molecule has 0 aliphatic rings. The molecule has 6 heteroatoms. The Morgan fingerprint density at radius 2 is 1.81 bits per heavy atom. The summed E-state index contributed by atoms with van der Waals surface area (Å²) in [6, 6.07) is 15.5. The third kappa shape index (κ3) is 5.41. The molecule has 1 aromatic heterocycles. The average molecular weight is 384 g/mol. The minimum atomic E-state index is -0.0639. The minimum absolute atomic E-state index is 0.0639. The van der Waals surface area contributed by atoms with Crippen molar-refractivity contribution in [1.82, 2.24) is 15.5 Å². The molecule has 0 saturated carbocycles. The number of carbonyl (C=O) groups excluding carboxylic acids is 1. The predicted molar refractivity (Wildman–Crippen MR) is 105 cm³/mol. The van der Waals surface area contributed by atoms with Crippen LogP contribution in [0.15, 0.2) is 53.1 Å². The van der Waals surface area contributed by atoms with E-state index in [1.165, 1.54) is 5.56 Å². The summed E-state index contributed by atoms with van der Waals surface area (Å²) in [6.07, 6.45) is 0.699. The molecule has 1 amide bonds. The van der Waals surface area contributed by atoms with Gasteiger partial charge in [0.15, 0.2) is 0 Å². The van der Waals surface area contributed by atoms with Gasteiger partial charge in [-0.05, 0) is 29.2 Å². The fourth-order valence-corrected chi connectivity index (χ4v) is 2.73. The summed E-state index contributed by atoms with van der Waals surface area (Å²) in [5.74, 6) is 1.42. The number of carbonyl (C=O) groups is 1. The number of aryl methyl sites for hydroxylation is 1. The van der Waals surface area contributed by atoms with Crippen molar-refractivity contribution in [3.8, 4) is 11.4 Å². The highest BCUT2D eigenvalue weighted by Crippen LogP contribution is 2.20. The fourth-order valence-electron chi connectivity index (χ4n) is 2.60. The highest BCUT2D eigenvalue weighted by Gasteiger charge is 2.11. The van der Waals surface area contributed by atoms with Crippen LogP contribution in [0.3, 0.4) is 0 Å². The largest absolute Gasteiger partial charge is 0.352 e. The van der Waals surface area contributed by atoms with E-state index in [1.807, 2.05) is 24.3 Å². The summed E-state index contributed by atoms with van der Waals surface area (Å²) in [5.41, 5.74) is 3.17. The molecular weight excluding hydrogens is 362 g/mol. The molecule has 0 unspecified atom stereocenters. The van der Waals surface area contributed by atoms with Crippen LogP contribution in [0.25, 0.3) is 11.4 Å². The smallest absolute Gasteiger partial charge is 0.227 e. The van der Waals surface area contributed by atoms with Gasteiger partial charge in [-0.15, -0.1) is 0 Å². The highest BCUT2D eigenvalue weighted by atomic mass is 35.5. The zero-order chi connectivity index (χ0) is 19.2. The molecule has 2 aromatic carbocycles. The molecule has 0 bridgehead atoms. The maximum atomic E-state index is 12.0. The molecule has 0 fully saturated rings. The van der Waals surface area contributed by atoms with Crippen LogP contribution in [0.5, 0.6) is 0 Å². The molecule has 0 saturated heterocycles. The highest BCUT2D eigenvalue weighted by molar-refractivity contribution is 6.30. The van der Waals surface area contributed by atoms with Gasteiger partial charge in [0.1, 0.15) is 0 Å². The maximum absolute atomic E-state index is 12.0. The van der Waals surface area contributed by atoms with Crippen molar-refractivity contribution in [3.05, 3.63) is 70.6 Å². The van der Waals surface area contributed by atoms with Gasteiger partial charge in [0.05, 0.1) is 0 Å². The number of nitrogens with one attached hydrogen (secondary N) is 1. The Bertz CT molecular complexity index is 887. The SMILES string of the molecule is CC(C)c1ccc(-c2noc(CCC(=O)NCc3ccc(Cl)cc3)n2)cc1. The molecule has 5 nitrogen and oxygen atoms in total. The Kier molecular flexibility index (Phi) is 6.24. The van der Waals surface area contributed by atoms with Crippen LogP contribution in [0.4, 0.5) is 0 Å². The Morgan fingerprint density at radius 3 is 2.48 bits per heavy atom. The molecule has 3 aromatic rings. The monoisotopic (exact) mass is 383 g/mol. The number of nitrogens with zero attached hydrogens (tertiary/aromatic N) is 2. The van der Waals surface area contributed by atoms with E-state index < -0.39 is 0 Å². The van der Waals surface area contributed by atoms with Crippen molar-refractivity contribution in [1.29, 1.82) is 0 Å². The van der Waals surface area contributed by atoms with Gasteiger partial charge < -0.3 is 9.84 Å². The molecule has 0 spiro atoms. The second-order valence-corrected chi connectivity index (χ2v) is 7.13. The van der Waals surface area contributed by atoms with E-state index in [-0.39, 0.29) is 5.91 Å². The van der Waals surface area contributed by atoms with Crippen LogP contribution in [-0.2, 0) is 17.8 Å². The summed E-state index contributed by atoms with van der Waals surface area (Å²) < 4.78 is 5.27. The summed E-state index contributed by atoms with van der Waals surface area (Å²) in [5, 5.41) is 7.56. The fraction of sp³-hybridized carbons (Fsp3) is 0.286. The van der Waals surface area contributed by atoms with Crippen LogP contribution in [0, 0.1) is 0 Å². The zero-order valence-electron chi connectivity index (χ0n) is 15.4. The predicted octanol–water partition coefficient (Wildman–Crippen LogP) is 4.76. The number of aromatic nitrogens is 2. The number of hydrogen-bond donors (Lipinski definition) is 1. The van der Waals surface area contributed by atoms with Crippen LogP contribution in [0.1, 0.15) is 43.2 Å². The third-order valence-corrected chi connectivity index (χ3v) is 4.52. The summed E-state index contributed by atoms with van der Waals surface area (Å²) in [6.45, 7) is 4.77. The van der Waals surface area contributed by atoms with Gasteiger partial charge in [0.25, 0.3) is 0 Å².